The van der Waals surface area contributed by atoms with Crippen LogP contribution in [0.5, 0.6) is 0 Å². The average Bonchev–Trinajstić information content (AvgIpc) is 2.96. The Morgan fingerprint density at radius 2 is 1.94 bits per heavy atom. The number of aliphatic imine (C=N–C) groups is 1. The second kappa shape index (κ2) is 9.10. The molecule has 4 nitrogen and oxygen atoms in total. The highest BCUT2D eigenvalue weighted by molar-refractivity contribution is 6.05. The zero-order valence-electron chi connectivity index (χ0n) is 19.1. The van der Waals surface area contributed by atoms with Gasteiger partial charge in [-0.25, -0.2) is 13.8 Å². The molecule has 6 heteroatoms. The van der Waals surface area contributed by atoms with Crippen LogP contribution in [-0.2, 0) is 6.42 Å². The Labute approximate surface area is 194 Å². The van der Waals surface area contributed by atoms with Gasteiger partial charge >= 0.3 is 0 Å². The van der Waals surface area contributed by atoms with Crippen LogP contribution in [0.1, 0.15) is 30.0 Å². The normalized spacial score (nSPS) is 24.5. The van der Waals surface area contributed by atoms with Crippen LogP contribution in [0.2, 0.25) is 0 Å². The van der Waals surface area contributed by atoms with Crippen LogP contribution in [0.15, 0.2) is 71.0 Å². The number of nitrogens with zero attached hydrogens (tertiary/aromatic N) is 2. The summed E-state index contributed by atoms with van der Waals surface area (Å²) in [6.45, 7) is 6.47. The van der Waals surface area contributed by atoms with E-state index in [1.165, 1.54) is 12.1 Å². The van der Waals surface area contributed by atoms with Crippen LogP contribution in [0.3, 0.4) is 0 Å². The maximum Gasteiger partial charge on any atom is 0.138 e. The van der Waals surface area contributed by atoms with E-state index in [0.29, 0.717) is 11.7 Å². The van der Waals surface area contributed by atoms with Crippen molar-refractivity contribution in [1.29, 1.82) is 0 Å². The number of hydrogen-bond donors (Lipinski definition) is 2. The number of alkyl halides is 1. The minimum atomic E-state index is -1.04. The summed E-state index contributed by atoms with van der Waals surface area (Å²) < 4.78 is 27.7. The van der Waals surface area contributed by atoms with Gasteiger partial charge in [0.25, 0.3) is 0 Å². The Morgan fingerprint density at radius 1 is 1.12 bits per heavy atom. The van der Waals surface area contributed by atoms with Crippen molar-refractivity contribution in [2.24, 2.45) is 10.9 Å². The summed E-state index contributed by atoms with van der Waals surface area (Å²) in [5.74, 6) is 0.507. The standard InChI is InChI=1S/C27H30F2N4/c1-17-3-10-24-22(13-17)27(32-26-15-23(29)18(2)14-25(26)31-24)33-12-11-30-21(16-33)9-6-19-4-7-20(28)8-5-19/h3-5,7-8,10,13-15,18,21,23,30-31H,6,9,11-12,16H2,1-2H3/t18?,21-,23?/m0/s1. The summed E-state index contributed by atoms with van der Waals surface area (Å²) in [6.07, 6.45) is 4.38. The minimum Gasteiger partial charge on any atom is -0.353 e. The molecule has 2 heterocycles. The van der Waals surface area contributed by atoms with Crippen LogP contribution in [0, 0.1) is 18.7 Å². The minimum absolute atomic E-state index is 0.183. The molecule has 1 fully saturated rings. The summed E-state index contributed by atoms with van der Waals surface area (Å²) in [7, 11) is 0. The zero-order valence-corrected chi connectivity index (χ0v) is 19.1. The fourth-order valence-corrected chi connectivity index (χ4v) is 4.75. The topological polar surface area (TPSA) is 39.7 Å². The average molecular weight is 449 g/mol. The van der Waals surface area contributed by atoms with Gasteiger partial charge in [-0.3, -0.25) is 0 Å². The second-order valence-electron chi connectivity index (χ2n) is 9.31. The number of fused-ring (bicyclic) bond motifs is 2. The summed E-state index contributed by atoms with van der Waals surface area (Å²) >= 11 is 0. The molecule has 2 aromatic carbocycles. The predicted molar refractivity (Wildman–Crippen MR) is 130 cm³/mol. The number of benzene rings is 2. The van der Waals surface area contributed by atoms with E-state index in [2.05, 4.69) is 40.7 Å². The molecule has 0 saturated carbocycles. The highest BCUT2D eigenvalue weighted by Gasteiger charge is 2.29. The Balaban J connectivity index is 1.42. The first kappa shape index (κ1) is 21.8. The quantitative estimate of drug-likeness (QED) is 0.697. The van der Waals surface area contributed by atoms with E-state index in [0.717, 1.165) is 66.4 Å². The largest absolute Gasteiger partial charge is 0.353 e. The van der Waals surface area contributed by atoms with Crippen LogP contribution >= 0.6 is 0 Å². The van der Waals surface area contributed by atoms with Crippen molar-refractivity contribution in [3.8, 4) is 0 Å². The van der Waals surface area contributed by atoms with Crippen LogP contribution < -0.4 is 10.6 Å². The van der Waals surface area contributed by atoms with Crippen molar-refractivity contribution in [1.82, 2.24) is 10.2 Å². The summed E-state index contributed by atoms with van der Waals surface area (Å²) in [5.41, 5.74) is 5.90. The predicted octanol–water partition coefficient (Wildman–Crippen LogP) is 4.97. The molecule has 0 bridgehead atoms. The molecule has 2 unspecified atom stereocenters. The van der Waals surface area contributed by atoms with E-state index in [9.17, 15) is 8.78 Å². The van der Waals surface area contributed by atoms with Gasteiger partial charge in [0, 0.05) is 42.8 Å². The summed E-state index contributed by atoms with van der Waals surface area (Å²) in [4.78, 5) is 7.33. The number of allylic oxidation sites excluding steroid dienone is 2. The van der Waals surface area contributed by atoms with Crippen molar-refractivity contribution in [3.63, 3.8) is 0 Å². The lowest BCUT2D eigenvalue weighted by Gasteiger charge is -2.36. The Kier molecular flexibility index (Phi) is 6.02. The molecule has 0 radical (unpaired) electrons. The molecule has 0 amide bonds. The molecule has 2 aliphatic heterocycles. The maximum absolute atomic E-state index is 14.5. The third-order valence-electron chi connectivity index (χ3n) is 6.69. The Morgan fingerprint density at radius 3 is 2.76 bits per heavy atom. The number of anilines is 1. The fourth-order valence-electron chi connectivity index (χ4n) is 4.75. The molecule has 172 valence electrons. The second-order valence-corrected chi connectivity index (χ2v) is 9.31. The zero-order chi connectivity index (χ0) is 22.9. The number of halogens is 2. The third kappa shape index (κ3) is 4.71. The Hall–Kier alpha value is -2.99. The van der Waals surface area contributed by atoms with Crippen molar-refractivity contribution in [3.05, 3.63) is 88.5 Å². The first-order valence-corrected chi connectivity index (χ1v) is 11.7. The number of amidine groups is 1. The van der Waals surface area contributed by atoms with Gasteiger partial charge < -0.3 is 15.5 Å². The molecular formula is C27H30F2N4. The summed E-state index contributed by atoms with van der Waals surface area (Å²) in [5, 5.41) is 7.13. The summed E-state index contributed by atoms with van der Waals surface area (Å²) in [6, 6.07) is 13.4. The van der Waals surface area contributed by atoms with Gasteiger partial charge in [-0.05, 0) is 55.7 Å². The molecule has 0 spiro atoms. The molecule has 3 aliphatic rings. The van der Waals surface area contributed by atoms with Crippen LogP contribution in [0.25, 0.3) is 0 Å². The monoisotopic (exact) mass is 448 g/mol. The highest BCUT2D eigenvalue weighted by Crippen LogP contribution is 2.33. The van der Waals surface area contributed by atoms with Gasteiger partial charge in [0.2, 0.25) is 0 Å². The van der Waals surface area contributed by atoms with Gasteiger partial charge in [-0.1, -0.05) is 36.8 Å². The smallest absolute Gasteiger partial charge is 0.138 e. The van der Waals surface area contributed by atoms with Crippen molar-refractivity contribution in [2.45, 2.75) is 38.9 Å². The molecule has 2 aromatic rings. The molecular weight excluding hydrogens is 418 g/mol. The van der Waals surface area contributed by atoms with E-state index in [1.807, 2.05) is 25.1 Å². The Bertz CT molecular complexity index is 1120. The first-order valence-electron chi connectivity index (χ1n) is 11.7. The van der Waals surface area contributed by atoms with Gasteiger partial charge in [0.05, 0.1) is 11.4 Å². The van der Waals surface area contributed by atoms with Crippen molar-refractivity contribution in [2.75, 3.05) is 25.0 Å². The molecule has 1 saturated heterocycles. The maximum atomic E-state index is 14.5. The van der Waals surface area contributed by atoms with Crippen molar-refractivity contribution >= 4 is 11.5 Å². The van der Waals surface area contributed by atoms with E-state index in [1.54, 1.807) is 6.08 Å². The molecule has 33 heavy (non-hydrogen) atoms. The first-order chi connectivity index (χ1) is 16.0. The number of rotatable bonds is 3. The van der Waals surface area contributed by atoms with Crippen LogP contribution in [-0.4, -0.2) is 42.6 Å². The number of aryl methyl sites for hydroxylation is 2. The van der Waals surface area contributed by atoms with Gasteiger partial charge in [-0.2, -0.15) is 0 Å². The van der Waals surface area contributed by atoms with E-state index in [4.69, 9.17) is 4.99 Å². The molecule has 2 N–H and O–H groups in total. The highest BCUT2D eigenvalue weighted by atomic mass is 19.1. The SMILES string of the molecule is Cc1ccc2c(c1)C(N1CCN[C@@H](CCc3ccc(F)cc3)C1)=NC1=CC(F)C(C)C=C1N2. The molecule has 0 aromatic heterocycles. The fraction of sp³-hybridized carbons (Fsp3) is 0.370. The van der Waals surface area contributed by atoms with E-state index in [-0.39, 0.29) is 11.7 Å². The van der Waals surface area contributed by atoms with Gasteiger partial charge in [0.15, 0.2) is 0 Å². The van der Waals surface area contributed by atoms with E-state index >= 15 is 0 Å². The molecule has 5 rings (SSSR count). The lowest BCUT2D eigenvalue weighted by Crippen LogP contribution is -2.53. The number of nitrogens with one attached hydrogen (secondary N) is 2. The number of piperazine rings is 1. The van der Waals surface area contributed by atoms with Crippen LogP contribution in [0.4, 0.5) is 14.5 Å². The third-order valence-corrected chi connectivity index (χ3v) is 6.69. The van der Waals surface area contributed by atoms with Gasteiger partial charge in [-0.15, -0.1) is 0 Å². The van der Waals surface area contributed by atoms with Gasteiger partial charge in [0.1, 0.15) is 17.8 Å². The lowest BCUT2D eigenvalue weighted by molar-refractivity contribution is 0.282. The van der Waals surface area contributed by atoms with Crippen molar-refractivity contribution < 1.29 is 8.78 Å². The molecule has 1 aliphatic carbocycles. The van der Waals surface area contributed by atoms with E-state index < -0.39 is 6.17 Å². The lowest BCUT2D eigenvalue weighted by atomic mass is 9.97. The molecule has 3 atom stereocenters. The number of hydrogen-bond acceptors (Lipinski definition) is 4.